The lowest BCUT2D eigenvalue weighted by atomic mass is 10.1. The molecule has 0 bridgehead atoms. The number of aryl methyl sites for hydroxylation is 2. The van der Waals surface area contributed by atoms with E-state index >= 15 is 0 Å². The summed E-state index contributed by atoms with van der Waals surface area (Å²) in [6.07, 6.45) is -4.29. The zero-order valence-electron chi connectivity index (χ0n) is 12.5. The van der Waals surface area contributed by atoms with Crippen LogP contribution in [-0.4, -0.2) is 12.2 Å². The topological polar surface area (TPSA) is 3.24 Å². The molecule has 116 valence electrons. The van der Waals surface area contributed by atoms with Crippen molar-refractivity contribution in [2.24, 2.45) is 0 Å². The first-order chi connectivity index (χ1) is 10.3. The highest BCUT2D eigenvalue weighted by molar-refractivity contribution is 7.99. The van der Waals surface area contributed by atoms with Gasteiger partial charge in [0.25, 0.3) is 0 Å². The van der Waals surface area contributed by atoms with Gasteiger partial charge in [0.1, 0.15) is 6.04 Å². The number of hydrogen-bond donors (Lipinski definition) is 0. The highest BCUT2D eigenvalue weighted by atomic mass is 32.2. The van der Waals surface area contributed by atoms with Gasteiger partial charge in [-0.1, -0.05) is 23.9 Å². The van der Waals surface area contributed by atoms with Crippen LogP contribution in [0, 0.1) is 13.8 Å². The van der Waals surface area contributed by atoms with Crippen LogP contribution in [0.25, 0.3) is 0 Å². The predicted octanol–water partition coefficient (Wildman–Crippen LogP) is 5.86. The van der Waals surface area contributed by atoms with E-state index in [0.717, 1.165) is 20.9 Å². The Morgan fingerprint density at radius 1 is 0.909 bits per heavy atom. The van der Waals surface area contributed by atoms with Crippen LogP contribution in [0.1, 0.15) is 18.1 Å². The molecule has 1 unspecified atom stereocenters. The molecule has 1 aliphatic rings. The molecule has 3 rings (SSSR count). The number of anilines is 2. The molecule has 0 N–H and O–H groups in total. The minimum atomic E-state index is -4.29. The quantitative estimate of drug-likeness (QED) is 0.647. The second kappa shape index (κ2) is 5.23. The fourth-order valence-corrected chi connectivity index (χ4v) is 3.88. The Morgan fingerprint density at radius 3 is 1.77 bits per heavy atom. The van der Waals surface area contributed by atoms with Crippen LogP contribution in [0.15, 0.2) is 46.2 Å². The molecule has 0 saturated carbocycles. The first kappa shape index (κ1) is 15.3. The molecule has 0 saturated heterocycles. The summed E-state index contributed by atoms with van der Waals surface area (Å²) in [6, 6.07) is 9.59. The van der Waals surface area contributed by atoms with Crippen LogP contribution in [-0.2, 0) is 0 Å². The van der Waals surface area contributed by atoms with Crippen molar-refractivity contribution in [3.05, 3.63) is 47.5 Å². The van der Waals surface area contributed by atoms with Crippen LogP contribution in [0.5, 0.6) is 0 Å². The molecule has 1 atom stereocenters. The highest BCUT2D eigenvalue weighted by Crippen LogP contribution is 2.51. The Labute approximate surface area is 132 Å². The molecule has 1 heterocycles. The average molecular weight is 323 g/mol. The summed E-state index contributed by atoms with van der Waals surface area (Å²) in [7, 11) is 0. The number of nitrogens with zero attached hydrogens (tertiary/aromatic N) is 1. The second-order valence-corrected chi connectivity index (χ2v) is 6.72. The Bertz CT molecular complexity index is 673. The maximum absolute atomic E-state index is 13.3. The van der Waals surface area contributed by atoms with Crippen LogP contribution < -0.4 is 4.90 Å². The molecule has 22 heavy (non-hydrogen) atoms. The van der Waals surface area contributed by atoms with Gasteiger partial charge >= 0.3 is 6.18 Å². The normalized spacial score (nSPS) is 15.3. The van der Waals surface area contributed by atoms with E-state index in [2.05, 4.69) is 0 Å². The summed E-state index contributed by atoms with van der Waals surface area (Å²) in [5.74, 6) is 0. The first-order valence-electron chi connectivity index (χ1n) is 7.02. The standard InChI is InChI=1S/C17H16F3NS/c1-10-4-6-13-15(8-10)22-16-9-11(2)5-7-14(16)21(13)12(3)17(18,19)20/h4-9,12H,1-3H3. The highest BCUT2D eigenvalue weighted by Gasteiger charge is 2.43. The maximum atomic E-state index is 13.3. The van der Waals surface area contributed by atoms with E-state index in [1.54, 1.807) is 12.1 Å². The Morgan fingerprint density at radius 2 is 1.36 bits per heavy atom. The molecule has 0 radical (unpaired) electrons. The molecule has 1 aliphatic heterocycles. The lowest BCUT2D eigenvalue weighted by Crippen LogP contribution is -2.42. The van der Waals surface area contributed by atoms with Gasteiger partial charge in [-0.2, -0.15) is 13.2 Å². The van der Waals surface area contributed by atoms with E-state index in [4.69, 9.17) is 0 Å². The fraction of sp³-hybridized carbons (Fsp3) is 0.294. The number of hydrogen-bond acceptors (Lipinski definition) is 2. The van der Waals surface area contributed by atoms with Crippen molar-refractivity contribution in [2.45, 2.75) is 42.8 Å². The monoisotopic (exact) mass is 323 g/mol. The van der Waals surface area contributed by atoms with Crippen LogP contribution >= 0.6 is 11.8 Å². The van der Waals surface area contributed by atoms with Crippen molar-refractivity contribution in [3.63, 3.8) is 0 Å². The number of fused-ring (bicyclic) bond motifs is 2. The van der Waals surface area contributed by atoms with Gasteiger partial charge < -0.3 is 4.90 Å². The van der Waals surface area contributed by atoms with Crippen LogP contribution in [0.2, 0.25) is 0 Å². The summed E-state index contributed by atoms with van der Waals surface area (Å²) in [5.41, 5.74) is 3.33. The van der Waals surface area contributed by atoms with Gasteiger partial charge in [-0.3, -0.25) is 0 Å². The van der Waals surface area contributed by atoms with Crippen molar-refractivity contribution in [1.82, 2.24) is 0 Å². The molecule has 2 aromatic carbocycles. The summed E-state index contributed by atoms with van der Waals surface area (Å²) in [4.78, 5) is 3.14. The lowest BCUT2D eigenvalue weighted by molar-refractivity contribution is -0.143. The summed E-state index contributed by atoms with van der Waals surface area (Å²) >= 11 is 1.53. The minimum Gasteiger partial charge on any atom is -0.328 e. The maximum Gasteiger partial charge on any atom is 0.408 e. The number of benzene rings is 2. The summed E-state index contributed by atoms with van der Waals surface area (Å²) in [6.45, 7) is 5.11. The van der Waals surface area contributed by atoms with Gasteiger partial charge in [0.05, 0.1) is 11.4 Å². The molecular formula is C17H16F3NS. The zero-order valence-corrected chi connectivity index (χ0v) is 13.3. The lowest BCUT2D eigenvalue weighted by Gasteiger charge is -2.38. The van der Waals surface area contributed by atoms with Crippen LogP contribution in [0.4, 0.5) is 24.5 Å². The number of halogens is 3. The van der Waals surface area contributed by atoms with Gasteiger partial charge in [-0.05, 0) is 56.2 Å². The molecule has 5 heteroatoms. The van der Waals surface area contributed by atoms with Gasteiger partial charge in [0.2, 0.25) is 0 Å². The van der Waals surface area contributed by atoms with Gasteiger partial charge in [-0.25, -0.2) is 0 Å². The third kappa shape index (κ3) is 2.58. The van der Waals surface area contributed by atoms with Crippen LogP contribution in [0.3, 0.4) is 0 Å². The molecular weight excluding hydrogens is 307 g/mol. The molecule has 1 nitrogen and oxygen atoms in total. The van der Waals surface area contributed by atoms with Gasteiger partial charge in [0.15, 0.2) is 0 Å². The van der Waals surface area contributed by atoms with Crippen molar-refractivity contribution in [1.29, 1.82) is 0 Å². The Hall–Kier alpha value is -1.62. The molecule has 0 aliphatic carbocycles. The number of alkyl halides is 3. The molecule has 0 spiro atoms. The first-order valence-corrected chi connectivity index (χ1v) is 7.84. The largest absolute Gasteiger partial charge is 0.408 e. The minimum absolute atomic E-state index is 0.622. The predicted molar refractivity (Wildman–Crippen MR) is 84.1 cm³/mol. The summed E-state index contributed by atoms with van der Waals surface area (Å²) < 4.78 is 40.0. The Kier molecular flexibility index (Phi) is 3.63. The van der Waals surface area contributed by atoms with Crippen molar-refractivity contribution in [3.8, 4) is 0 Å². The fourth-order valence-electron chi connectivity index (χ4n) is 2.62. The molecule has 2 aromatic rings. The van der Waals surface area contributed by atoms with Gasteiger partial charge in [-0.15, -0.1) is 0 Å². The van der Waals surface area contributed by atoms with E-state index in [-0.39, 0.29) is 0 Å². The smallest absolute Gasteiger partial charge is 0.328 e. The van der Waals surface area contributed by atoms with E-state index in [1.807, 2.05) is 38.1 Å². The summed E-state index contributed by atoms with van der Waals surface area (Å²) in [5, 5.41) is 0. The third-order valence-corrected chi connectivity index (χ3v) is 4.92. The average Bonchev–Trinajstić information content (AvgIpc) is 2.42. The molecule has 0 fully saturated rings. The third-order valence-electron chi connectivity index (χ3n) is 3.83. The van der Waals surface area contributed by atoms with E-state index < -0.39 is 12.2 Å². The van der Waals surface area contributed by atoms with E-state index in [1.165, 1.54) is 23.6 Å². The Balaban J connectivity index is 2.20. The van der Waals surface area contributed by atoms with Crippen molar-refractivity contribution < 1.29 is 13.2 Å². The van der Waals surface area contributed by atoms with Gasteiger partial charge in [0, 0.05) is 9.79 Å². The molecule has 0 aromatic heterocycles. The number of rotatable bonds is 1. The van der Waals surface area contributed by atoms with Crippen molar-refractivity contribution >= 4 is 23.1 Å². The molecule has 0 amide bonds. The van der Waals surface area contributed by atoms with Crippen molar-refractivity contribution in [2.75, 3.05) is 4.90 Å². The SMILES string of the molecule is Cc1ccc2c(c1)Sc1cc(C)ccc1N2C(C)C(F)(F)F. The van der Waals surface area contributed by atoms with E-state index in [0.29, 0.717) is 11.4 Å². The second-order valence-electron chi connectivity index (χ2n) is 5.63. The zero-order chi connectivity index (χ0) is 16.1. The van der Waals surface area contributed by atoms with E-state index in [9.17, 15) is 13.2 Å².